The number of hydrogen-bond donors (Lipinski definition) is 3. The molecule has 5 N–H and O–H groups in total. The highest BCUT2D eigenvalue weighted by molar-refractivity contribution is 7.89. The third-order valence-electron chi connectivity index (χ3n) is 2.96. The first-order valence-electron chi connectivity index (χ1n) is 6.10. The SMILES string of the molecule is Cn1cc(S(=O)(=O)NCc2cccc(N)c2)cc1C(N)=O. The number of aromatic nitrogens is 1. The van der Waals surface area contributed by atoms with Crippen molar-refractivity contribution in [2.45, 2.75) is 11.4 Å². The molecule has 112 valence electrons. The second kappa shape index (κ2) is 5.58. The van der Waals surface area contributed by atoms with E-state index in [0.29, 0.717) is 5.69 Å². The van der Waals surface area contributed by atoms with Gasteiger partial charge in [-0.05, 0) is 23.8 Å². The second-order valence-corrected chi connectivity index (χ2v) is 6.37. The normalized spacial score (nSPS) is 11.5. The zero-order valence-corrected chi connectivity index (χ0v) is 12.2. The number of nitrogens with one attached hydrogen (secondary N) is 1. The van der Waals surface area contributed by atoms with Crippen LogP contribution in [0.15, 0.2) is 41.4 Å². The zero-order chi connectivity index (χ0) is 15.6. The van der Waals surface area contributed by atoms with Crippen LogP contribution in [-0.2, 0) is 23.6 Å². The molecule has 1 aromatic carbocycles. The van der Waals surface area contributed by atoms with Gasteiger partial charge in [0.05, 0.1) is 0 Å². The maximum Gasteiger partial charge on any atom is 0.265 e. The first kappa shape index (κ1) is 15.1. The highest BCUT2D eigenvalue weighted by atomic mass is 32.2. The van der Waals surface area contributed by atoms with E-state index in [0.717, 1.165) is 5.56 Å². The number of nitrogens with zero attached hydrogens (tertiary/aromatic N) is 1. The molecule has 0 atom stereocenters. The number of sulfonamides is 1. The summed E-state index contributed by atoms with van der Waals surface area (Å²) in [6.07, 6.45) is 1.34. The van der Waals surface area contributed by atoms with Gasteiger partial charge in [-0.25, -0.2) is 13.1 Å². The van der Waals surface area contributed by atoms with Crippen molar-refractivity contribution in [3.8, 4) is 0 Å². The third-order valence-corrected chi connectivity index (χ3v) is 4.33. The van der Waals surface area contributed by atoms with Crippen LogP contribution < -0.4 is 16.2 Å². The van der Waals surface area contributed by atoms with Crippen molar-refractivity contribution in [1.82, 2.24) is 9.29 Å². The summed E-state index contributed by atoms with van der Waals surface area (Å²) in [4.78, 5) is 11.1. The summed E-state index contributed by atoms with van der Waals surface area (Å²) < 4.78 is 28.2. The number of benzene rings is 1. The van der Waals surface area contributed by atoms with Crippen molar-refractivity contribution in [3.63, 3.8) is 0 Å². The second-order valence-electron chi connectivity index (χ2n) is 4.61. The fourth-order valence-corrected chi connectivity index (χ4v) is 2.98. The van der Waals surface area contributed by atoms with E-state index in [4.69, 9.17) is 11.5 Å². The van der Waals surface area contributed by atoms with Gasteiger partial charge in [-0.1, -0.05) is 12.1 Å². The van der Waals surface area contributed by atoms with Crippen LogP contribution >= 0.6 is 0 Å². The maximum absolute atomic E-state index is 12.2. The van der Waals surface area contributed by atoms with Crippen molar-refractivity contribution >= 4 is 21.6 Å². The van der Waals surface area contributed by atoms with Crippen LogP contribution in [-0.4, -0.2) is 18.9 Å². The lowest BCUT2D eigenvalue weighted by atomic mass is 10.2. The first-order chi connectivity index (χ1) is 9.79. The molecule has 0 saturated carbocycles. The predicted molar refractivity (Wildman–Crippen MR) is 78.8 cm³/mol. The lowest BCUT2D eigenvalue weighted by Crippen LogP contribution is -2.23. The number of anilines is 1. The molecule has 1 aromatic heterocycles. The fraction of sp³-hybridized carbons (Fsp3) is 0.154. The van der Waals surface area contributed by atoms with Gasteiger partial charge in [-0.2, -0.15) is 0 Å². The van der Waals surface area contributed by atoms with Crippen molar-refractivity contribution < 1.29 is 13.2 Å². The van der Waals surface area contributed by atoms with Crippen molar-refractivity contribution in [2.75, 3.05) is 5.73 Å². The Morgan fingerprint density at radius 2 is 2.05 bits per heavy atom. The van der Waals surface area contributed by atoms with Crippen LogP contribution in [0.2, 0.25) is 0 Å². The van der Waals surface area contributed by atoms with Gasteiger partial charge in [-0.15, -0.1) is 0 Å². The quantitative estimate of drug-likeness (QED) is 0.682. The zero-order valence-electron chi connectivity index (χ0n) is 11.4. The number of carbonyl (C=O) groups is 1. The van der Waals surface area contributed by atoms with E-state index < -0.39 is 15.9 Å². The Morgan fingerprint density at radius 3 is 2.62 bits per heavy atom. The molecule has 1 heterocycles. The van der Waals surface area contributed by atoms with E-state index in [-0.39, 0.29) is 17.1 Å². The molecule has 0 aliphatic heterocycles. The Bertz CT molecular complexity index is 780. The van der Waals surface area contributed by atoms with Crippen LogP contribution in [0.4, 0.5) is 5.69 Å². The summed E-state index contributed by atoms with van der Waals surface area (Å²) >= 11 is 0. The number of nitrogen functional groups attached to an aromatic ring is 1. The summed E-state index contributed by atoms with van der Waals surface area (Å²) in [7, 11) is -2.17. The molecule has 0 aliphatic carbocycles. The average Bonchev–Trinajstić information content (AvgIpc) is 2.80. The lowest BCUT2D eigenvalue weighted by Gasteiger charge is -2.05. The number of amides is 1. The summed E-state index contributed by atoms with van der Waals surface area (Å²) in [6, 6.07) is 8.14. The van der Waals surface area contributed by atoms with Gasteiger partial charge in [0, 0.05) is 25.5 Å². The van der Waals surface area contributed by atoms with Gasteiger partial charge < -0.3 is 16.0 Å². The monoisotopic (exact) mass is 308 g/mol. The molecule has 0 unspecified atom stereocenters. The molecule has 21 heavy (non-hydrogen) atoms. The minimum absolute atomic E-state index is 0.0114. The molecular formula is C13H16N4O3S. The minimum atomic E-state index is -3.73. The van der Waals surface area contributed by atoms with E-state index in [1.54, 1.807) is 31.3 Å². The Labute approximate surface area is 122 Å². The molecule has 0 bridgehead atoms. The van der Waals surface area contributed by atoms with Gasteiger partial charge in [0.1, 0.15) is 10.6 Å². The van der Waals surface area contributed by atoms with Gasteiger partial charge in [0.15, 0.2) is 0 Å². The molecule has 2 aromatic rings. The molecule has 0 radical (unpaired) electrons. The first-order valence-corrected chi connectivity index (χ1v) is 7.58. The summed E-state index contributed by atoms with van der Waals surface area (Å²) in [5, 5.41) is 0. The Kier molecular flexibility index (Phi) is 4.01. The summed E-state index contributed by atoms with van der Waals surface area (Å²) in [5.41, 5.74) is 12.2. The standard InChI is InChI=1S/C13H16N4O3S/c1-17-8-11(6-12(17)13(15)18)21(19,20)16-7-9-3-2-4-10(14)5-9/h2-6,8,16H,7,14H2,1H3,(H2,15,18). The topological polar surface area (TPSA) is 120 Å². The van der Waals surface area contributed by atoms with E-state index in [2.05, 4.69) is 4.72 Å². The largest absolute Gasteiger partial charge is 0.399 e. The third kappa shape index (κ3) is 3.41. The highest BCUT2D eigenvalue weighted by Crippen LogP contribution is 2.14. The van der Waals surface area contributed by atoms with E-state index in [1.807, 2.05) is 0 Å². The summed E-state index contributed by atoms with van der Waals surface area (Å²) in [5.74, 6) is -0.685. The lowest BCUT2D eigenvalue weighted by molar-refractivity contribution is 0.0992. The molecule has 0 spiro atoms. The maximum atomic E-state index is 12.2. The van der Waals surface area contributed by atoms with Crippen LogP contribution in [0.25, 0.3) is 0 Å². The van der Waals surface area contributed by atoms with Gasteiger partial charge >= 0.3 is 0 Å². The molecule has 2 rings (SSSR count). The molecule has 1 amide bonds. The molecule has 0 saturated heterocycles. The smallest absolute Gasteiger partial charge is 0.265 e. The van der Waals surface area contributed by atoms with Crippen molar-refractivity contribution in [2.24, 2.45) is 12.8 Å². The Morgan fingerprint density at radius 1 is 1.33 bits per heavy atom. The number of nitrogens with two attached hydrogens (primary N) is 2. The fourth-order valence-electron chi connectivity index (χ4n) is 1.89. The highest BCUT2D eigenvalue weighted by Gasteiger charge is 2.19. The number of primary amides is 1. The molecule has 0 aliphatic rings. The average molecular weight is 308 g/mol. The molecule has 0 fully saturated rings. The van der Waals surface area contributed by atoms with Gasteiger partial charge in [0.25, 0.3) is 5.91 Å². The molecular weight excluding hydrogens is 292 g/mol. The number of hydrogen-bond acceptors (Lipinski definition) is 4. The van der Waals surface area contributed by atoms with Crippen LogP contribution in [0.1, 0.15) is 16.1 Å². The number of carbonyl (C=O) groups excluding carboxylic acids is 1. The number of aryl methyl sites for hydroxylation is 1. The van der Waals surface area contributed by atoms with E-state index in [9.17, 15) is 13.2 Å². The predicted octanol–water partition coefficient (Wildman–Crippen LogP) is 0.185. The van der Waals surface area contributed by atoms with Crippen LogP contribution in [0.3, 0.4) is 0 Å². The van der Waals surface area contributed by atoms with Crippen molar-refractivity contribution in [1.29, 1.82) is 0 Å². The van der Waals surface area contributed by atoms with Crippen LogP contribution in [0.5, 0.6) is 0 Å². The molecule has 8 heteroatoms. The van der Waals surface area contributed by atoms with Gasteiger partial charge in [0.2, 0.25) is 10.0 Å². The van der Waals surface area contributed by atoms with Gasteiger partial charge in [-0.3, -0.25) is 4.79 Å². The van der Waals surface area contributed by atoms with Crippen LogP contribution in [0, 0.1) is 0 Å². The molecule has 7 nitrogen and oxygen atoms in total. The van der Waals surface area contributed by atoms with E-state index in [1.165, 1.54) is 16.8 Å². The van der Waals surface area contributed by atoms with Crippen molar-refractivity contribution in [3.05, 3.63) is 47.8 Å². The van der Waals surface area contributed by atoms with E-state index >= 15 is 0 Å². The minimum Gasteiger partial charge on any atom is -0.399 e. The number of rotatable bonds is 5. The Balaban J connectivity index is 2.19. The summed E-state index contributed by atoms with van der Waals surface area (Å²) in [6.45, 7) is 0.105. The Hall–Kier alpha value is -2.32.